The van der Waals surface area contributed by atoms with E-state index >= 15 is 0 Å². The Morgan fingerprint density at radius 2 is 2.05 bits per heavy atom. The van der Waals surface area contributed by atoms with Crippen molar-refractivity contribution in [1.29, 1.82) is 0 Å². The lowest BCUT2D eigenvalue weighted by Crippen LogP contribution is -2.11. The molecule has 3 N–H and O–H groups in total. The minimum atomic E-state index is 0.298. The topological polar surface area (TPSA) is 85.5 Å². The Morgan fingerprint density at radius 3 is 2.70 bits per heavy atom. The Kier molecular flexibility index (Phi) is 4.21. The zero-order valence-electron chi connectivity index (χ0n) is 11.6. The van der Waals surface area contributed by atoms with Crippen molar-refractivity contribution in [1.82, 2.24) is 9.97 Å². The van der Waals surface area contributed by atoms with Crippen molar-refractivity contribution in [2.75, 3.05) is 31.5 Å². The summed E-state index contributed by atoms with van der Waals surface area (Å²) in [7, 11) is 5.42. The van der Waals surface area contributed by atoms with Crippen LogP contribution in [-0.4, -0.2) is 31.2 Å². The van der Waals surface area contributed by atoms with Crippen molar-refractivity contribution in [3.8, 4) is 17.4 Å². The van der Waals surface area contributed by atoms with Crippen LogP contribution < -0.4 is 25.6 Å². The summed E-state index contributed by atoms with van der Waals surface area (Å²) in [5.41, 5.74) is 3.46. The molecule has 1 aromatic carbocycles. The van der Waals surface area contributed by atoms with Crippen LogP contribution in [0.15, 0.2) is 30.6 Å². The molecule has 0 atom stereocenters. The summed E-state index contributed by atoms with van der Waals surface area (Å²) < 4.78 is 10.9. The summed E-state index contributed by atoms with van der Waals surface area (Å²) in [6.07, 6.45) is 1.35. The number of hydrazine groups is 1. The molecule has 7 heteroatoms. The summed E-state index contributed by atoms with van der Waals surface area (Å²) in [5.74, 6) is 7.03. The number of nitrogen functional groups attached to an aromatic ring is 1. The average molecular weight is 275 g/mol. The minimum absolute atomic E-state index is 0.298. The highest BCUT2D eigenvalue weighted by molar-refractivity contribution is 5.56. The van der Waals surface area contributed by atoms with Gasteiger partial charge in [0, 0.05) is 25.8 Å². The smallest absolute Gasteiger partial charge is 0.268 e. The first kappa shape index (κ1) is 13.9. The van der Waals surface area contributed by atoms with Gasteiger partial charge in [0.2, 0.25) is 5.75 Å². The van der Waals surface area contributed by atoms with Crippen LogP contribution in [0.4, 0.5) is 11.5 Å². The molecule has 0 unspecified atom stereocenters. The third-order valence-electron chi connectivity index (χ3n) is 2.66. The van der Waals surface area contributed by atoms with Crippen LogP contribution in [0.1, 0.15) is 0 Å². The summed E-state index contributed by atoms with van der Waals surface area (Å²) in [4.78, 5) is 10.00. The molecule has 20 heavy (non-hydrogen) atoms. The molecule has 7 nitrogen and oxygen atoms in total. The van der Waals surface area contributed by atoms with Gasteiger partial charge < -0.3 is 19.8 Å². The Bertz CT molecular complexity index is 589. The van der Waals surface area contributed by atoms with Crippen LogP contribution in [0.5, 0.6) is 17.4 Å². The van der Waals surface area contributed by atoms with E-state index in [1.54, 1.807) is 0 Å². The van der Waals surface area contributed by atoms with E-state index < -0.39 is 0 Å². The van der Waals surface area contributed by atoms with Crippen LogP contribution >= 0.6 is 0 Å². The van der Waals surface area contributed by atoms with Gasteiger partial charge in [-0.3, -0.25) is 0 Å². The Labute approximate surface area is 117 Å². The van der Waals surface area contributed by atoms with E-state index in [0.29, 0.717) is 23.2 Å². The number of anilines is 2. The van der Waals surface area contributed by atoms with Crippen LogP contribution in [0.25, 0.3) is 0 Å². The van der Waals surface area contributed by atoms with E-state index in [4.69, 9.17) is 15.3 Å². The summed E-state index contributed by atoms with van der Waals surface area (Å²) in [5, 5.41) is 0. The first-order valence-electron chi connectivity index (χ1n) is 5.96. The van der Waals surface area contributed by atoms with E-state index in [1.807, 2.05) is 43.3 Å². The van der Waals surface area contributed by atoms with Gasteiger partial charge in [-0.1, -0.05) is 6.07 Å². The van der Waals surface area contributed by atoms with Gasteiger partial charge in [0.15, 0.2) is 5.82 Å². The van der Waals surface area contributed by atoms with Gasteiger partial charge in [-0.2, -0.15) is 4.98 Å². The van der Waals surface area contributed by atoms with Crippen LogP contribution in [0, 0.1) is 0 Å². The standard InChI is InChI=1S/C13H17N5O2/c1-18(2)9-5-4-6-10(7-9)20-13-11(19-3)12(17-14)15-8-16-13/h4-8H,14H2,1-3H3,(H,15,16,17). The Hall–Kier alpha value is -2.54. The van der Waals surface area contributed by atoms with Gasteiger partial charge in [0.05, 0.1) is 7.11 Å². The molecule has 0 saturated carbocycles. The van der Waals surface area contributed by atoms with Crippen molar-refractivity contribution >= 4 is 11.5 Å². The van der Waals surface area contributed by atoms with Crippen molar-refractivity contribution in [3.63, 3.8) is 0 Å². The summed E-state index contributed by atoms with van der Waals surface area (Å²) >= 11 is 0. The predicted octanol–water partition coefficient (Wildman–Crippen LogP) is 1.63. The minimum Gasteiger partial charge on any atom is -0.489 e. The zero-order valence-corrected chi connectivity index (χ0v) is 11.6. The van der Waals surface area contributed by atoms with Crippen molar-refractivity contribution in [3.05, 3.63) is 30.6 Å². The second-order valence-electron chi connectivity index (χ2n) is 4.20. The molecule has 0 aliphatic rings. The van der Waals surface area contributed by atoms with Crippen LogP contribution in [-0.2, 0) is 0 Å². The van der Waals surface area contributed by atoms with Gasteiger partial charge in [-0.25, -0.2) is 10.8 Å². The monoisotopic (exact) mass is 275 g/mol. The molecular weight excluding hydrogens is 258 g/mol. The maximum atomic E-state index is 5.74. The first-order chi connectivity index (χ1) is 9.65. The van der Waals surface area contributed by atoms with Crippen LogP contribution in [0.3, 0.4) is 0 Å². The Balaban J connectivity index is 2.32. The number of benzene rings is 1. The molecule has 0 bridgehead atoms. The Morgan fingerprint density at radius 1 is 1.25 bits per heavy atom. The maximum Gasteiger partial charge on any atom is 0.268 e. The fourth-order valence-electron chi connectivity index (χ4n) is 1.65. The highest BCUT2D eigenvalue weighted by Crippen LogP contribution is 2.34. The van der Waals surface area contributed by atoms with E-state index in [-0.39, 0.29) is 0 Å². The van der Waals surface area contributed by atoms with E-state index in [2.05, 4.69) is 15.4 Å². The van der Waals surface area contributed by atoms with Crippen molar-refractivity contribution in [2.24, 2.45) is 5.84 Å². The molecule has 1 aromatic heterocycles. The highest BCUT2D eigenvalue weighted by Gasteiger charge is 2.13. The number of nitrogens with one attached hydrogen (secondary N) is 1. The van der Waals surface area contributed by atoms with Gasteiger partial charge in [0.1, 0.15) is 12.1 Å². The maximum absolute atomic E-state index is 5.74. The number of methoxy groups -OCH3 is 1. The SMILES string of the molecule is COc1c(NN)ncnc1Oc1cccc(N(C)C)c1. The molecule has 0 aliphatic heterocycles. The second-order valence-corrected chi connectivity index (χ2v) is 4.20. The van der Waals surface area contributed by atoms with Gasteiger partial charge in [-0.15, -0.1) is 0 Å². The normalized spacial score (nSPS) is 10.0. The molecule has 0 spiro atoms. The van der Waals surface area contributed by atoms with E-state index in [1.165, 1.54) is 13.4 Å². The summed E-state index contributed by atoms with van der Waals surface area (Å²) in [6.45, 7) is 0. The number of hydrogen-bond acceptors (Lipinski definition) is 7. The highest BCUT2D eigenvalue weighted by atomic mass is 16.5. The number of rotatable bonds is 5. The zero-order chi connectivity index (χ0) is 14.5. The number of nitrogens with zero attached hydrogens (tertiary/aromatic N) is 3. The van der Waals surface area contributed by atoms with E-state index in [9.17, 15) is 0 Å². The molecule has 2 rings (SSSR count). The lowest BCUT2D eigenvalue weighted by Gasteiger charge is -2.15. The summed E-state index contributed by atoms with van der Waals surface area (Å²) in [6, 6.07) is 7.62. The third kappa shape index (κ3) is 2.89. The van der Waals surface area contributed by atoms with E-state index in [0.717, 1.165) is 5.69 Å². The predicted molar refractivity (Wildman–Crippen MR) is 77.2 cm³/mol. The average Bonchev–Trinajstić information content (AvgIpc) is 2.47. The molecule has 0 radical (unpaired) electrons. The molecule has 106 valence electrons. The molecule has 0 saturated heterocycles. The molecule has 2 aromatic rings. The van der Waals surface area contributed by atoms with Gasteiger partial charge in [0.25, 0.3) is 5.88 Å². The number of aromatic nitrogens is 2. The largest absolute Gasteiger partial charge is 0.489 e. The van der Waals surface area contributed by atoms with Gasteiger partial charge in [-0.05, 0) is 12.1 Å². The molecule has 0 fully saturated rings. The number of nitrogens with two attached hydrogens (primary N) is 1. The lowest BCUT2D eigenvalue weighted by atomic mass is 10.3. The van der Waals surface area contributed by atoms with Crippen LogP contribution in [0.2, 0.25) is 0 Å². The second kappa shape index (κ2) is 6.07. The third-order valence-corrected chi connectivity index (χ3v) is 2.66. The quantitative estimate of drug-likeness (QED) is 0.633. The molecule has 0 amide bonds. The number of hydrogen-bond donors (Lipinski definition) is 2. The lowest BCUT2D eigenvalue weighted by molar-refractivity contribution is 0.369. The fraction of sp³-hybridized carbons (Fsp3) is 0.231. The first-order valence-corrected chi connectivity index (χ1v) is 5.96. The fourth-order valence-corrected chi connectivity index (χ4v) is 1.65. The molecule has 0 aliphatic carbocycles. The van der Waals surface area contributed by atoms with Crippen molar-refractivity contribution in [2.45, 2.75) is 0 Å². The number of ether oxygens (including phenoxy) is 2. The molecular formula is C13H17N5O2. The van der Waals surface area contributed by atoms with Crippen molar-refractivity contribution < 1.29 is 9.47 Å². The molecule has 1 heterocycles. The van der Waals surface area contributed by atoms with Gasteiger partial charge >= 0.3 is 0 Å².